The van der Waals surface area contributed by atoms with Crippen LogP contribution in [0.25, 0.3) is 0 Å². The van der Waals surface area contributed by atoms with Crippen molar-refractivity contribution in [3.05, 3.63) is 27.3 Å². The summed E-state index contributed by atoms with van der Waals surface area (Å²) in [5, 5.41) is 20.3. The Kier molecular flexibility index (Phi) is 3.78. The van der Waals surface area contributed by atoms with Crippen molar-refractivity contribution < 1.29 is 24.3 Å². The molecule has 2 rings (SSSR count). The van der Waals surface area contributed by atoms with Crippen molar-refractivity contribution in [1.82, 2.24) is 0 Å². The van der Waals surface area contributed by atoms with Gasteiger partial charge in [0.15, 0.2) is 5.75 Å². The van der Waals surface area contributed by atoms with E-state index in [1.54, 1.807) is 6.92 Å². The van der Waals surface area contributed by atoms with Gasteiger partial charge in [-0.15, -0.1) is 0 Å². The second kappa shape index (κ2) is 5.36. The minimum atomic E-state index is -1.36. The Morgan fingerprint density at radius 1 is 1.50 bits per heavy atom. The Bertz CT molecular complexity index is 564. The van der Waals surface area contributed by atoms with E-state index in [1.165, 1.54) is 13.2 Å². The molecule has 0 atom stereocenters. The Morgan fingerprint density at radius 3 is 2.60 bits per heavy atom. The summed E-state index contributed by atoms with van der Waals surface area (Å²) in [5.41, 5.74) is -0.457. The first-order chi connectivity index (χ1) is 9.45. The van der Waals surface area contributed by atoms with E-state index in [-0.39, 0.29) is 17.1 Å². The highest BCUT2D eigenvalue weighted by Crippen LogP contribution is 2.43. The summed E-state index contributed by atoms with van der Waals surface area (Å²) in [4.78, 5) is 21.6. The van der Waals surface area contributed by atoms with Crippen LogP contribution in [0.15, 0.2) is 6.07 Å². The van der Waals surface area contributed by atoms with Gasteiger partial charge in [0.2, 0.25) is 5.75 Å². The molecule has 108 valence electrons. The van der Waals surface area contributed by atoms with Crippen LogP contribution in [-0.2, 0) is 0 Å². The molecule has 0 saturated heterocycles. The smallest absolute Gasteiger partial charge is 0.342 e. The fraction of sp³-hybridized carbons (Fsp3) is 0.462. The van der Waals surface area contributed by atoms with Crippen molar-refractivity contribution in [2.24, 2.45) is 5.92 Å². The molecular weight excluding hydrogens is 266 g/mol. The predicted octanol–water partition coefficient (Wildman–Crippen LogP) is 2.40. The molecule has 7 nitrogen and oxygen atoms in total. The minimum absolute atomic E-state index is 0.0956. The molecule has 1 N–H and O–H groups in total. The zero-order valence-corrected chi connectivity index (χ0v) is 11.2. The molecule has 0 radical (unpaired) electrons. The van der Waals surface area contributed by atoms with Crippen LogP contribution >= 0.6 is 0 Å². The molecule has 7 heteroatoms. The van der Waals surface area contributed by atoms with Crippen LogP contribution < -0.4 is 9.47 Å². The third-order valence-corrected chi connectivity index (χ3v) is 3.17. The van der Waals surface area contributed by atoms with Gasteiger partial charge in [0.1, 0.15) is 5.56 Å². The summed E-state index contributed by atoms with van der Waals surface area (Å²) in [6.07, 6.45) is 2.04. The normalized spacial score (nSPS) is 13.9. The van der Waals surface area contributed by atoms with Gasteiger partial charge in [0, 0.05) is 0 Å². The largest absolute Gasteiger partial charge is 0.492 e. The minimum Gasteiger partial charge on any atom is -0.492 e. The van der Waals surface area contributed by atoms with Crippen molar-refractivity contribution in [3.63, 3.8) is 0 Å². The molecule has 0 bridgehead atoms. The fourth-order valence-electron chi connectivity index (χ4n) is 1.98. The molecule has 0 amide bonds. The van der Waals surface area contributed by atoms with Crippen LogP contribution in [0.4, 0.5) is 5.69 Å². The molecular formula is C13H15NO6. The number of rotatable bonds is 6. The maximum absolute atomic E-state index is 11.2. The van der Waals surface area contributed by atoms with Crippen molar-refractivity contribution in [3.8, 4) is 11.5 Å². The lowest BCUT2D eigenvalue weighted by molar-refractivity contribution is -0.386. The lowest BCUT2D eigenvalue weighted by atomic mass is 10.1. The predicted molar refractivity (Wildman–Crippen MR) is 69.6 cm³/mol. The number of nitro benzene ring substituents is 1. The van der Waals surface area contributed by atoms with Crippen LogP contribution in [0.5, 0.6) is 11.5 Å². The third kappa shape index (κ3) is 2.66. The van der Waals surface area contributed by atoms with Crippen molar-refractivity contribution in [2.75, 3.05) is 13.7 Å². The number of carboxylic acid groups (broad SMARTS) is 1. The van der Waals surface area contributed by atoms with Gasteiger partial charge in [-0.25, -0.2) is 4.79 Å². The molecule has 1 aromatic carbocycles. The van der Waals surface area contributed by atoms with E-state index < -0.39 is 16.6 Å². The number of hydrogen-bond donors (Lipinski definition) is 1. The maximum atomic E-state index is 11.2. The Labute approximate surface area is 115 Å². The van der Waals surface area contributed by atoms with Crippen molar-refractivity contribution in [2.45, 2.75) is 19.8 Å². The number of carboxylic acids is 1. The zero-order valence-electron chi connectivity index (χ0n) is 11.2. The third-order valence-electron chi connectivity index (χ3n) is 3.17. The van der Waals surface area contributed by atoms with E-state index in [0.29, 0.717) is 18.1 Å². The molecule has 0 aromatic heterocycles. The number of carbonyl (C=O) groups is 1. The van der Waals surface area contributed by atoms with E-state index >= 15 is 0 Å². The first kappa shape index (κ1) is 14.1. The standard InChI is InChI=1S/C13H15NO6/c1-7-5-9(13(15)16)10(14(17)18)12(11(7)19-2)20-6-8-3-4-8/h5,8H,3-4,6H2,1-2H3,(H,15,16). The van der Waals surface area contributed by atoms with E-state index in [2.05, 4.69) is 0 Å². The molecule has 1 fully saturated rings. The van der Waals surface area contributed by atoms with E-state index in [4.69, 9.17) is 14.6 Å². The van der Waals surface area contributed by atoms with Crippen LogP contribution in [-0.4, -0.2) is 29.7 Å². The number of benzene rings is 1. The lowest BCUT2D eigenvalue weighted by Gasteiger charge is -2.14. The monoisotopic (exact) mass is 281 g/mol. The molecule has 0 heterocycles. The molecule has 1 aliphatic carbocycles. The van der Waals surface area contributed by atoms with Crippen LogP contribution in [0, 0.1) is 23.0 Å². The van der Waals surface area contributed by atoms with Crippen LogP contribution in [0.1, 0.15) is 28.8 Å². The van der Waals surface area contributed by atoms with Gasteiger partial charge < -0.3 is 14.6 Å². The molecule has 0 aliphatic heterocycles. The Balaban J connectivity index is 2.55. The number of nitro groups is 1. The van der Waals surface area contributed by atoms with Gasteiger partial charge in [0.05, 0.1) is 18.6 Å². The Morgan fingerprint density at radius 2 is 2.15 bits per heavy atom. The maximum Gasteiger partial charge on any atom is 0.342 e. The van der Waals surface area contributed by atoms with Crippen LogP contribution in [0.2, 0.25) is 0 Å². The van der Waals surface area contributed by atoms with Gasteiger partial charge >= 0.3 is 11.7 Å². The second-order valence-electron chi connectivity index (χ2n) is 4.77. The summed E-state index contributed by atoms with van der Waals surface area (Å²) in [6, 6.07) is 1.23. The van der Waals surface area contributed by atoms with Crippen molar-refractivity contribution >= 4 is 11.7 Å². The lowest BCUT2D eigenvalue weighted by Crippen LogP contribution is -2.10. The van der Waals surface area contributed by atoms with Gasteiger partial charge in [-0.3, -0.25) is 10.1 Å². The number of ether oxygens (including phenoxy) is 2. The average Bonchev–Trinajstić information content (AvgIpc) is 3.18. The number of nitrogens with zero attached hydrogens (tertiary/aromatic N) is 1. The fourth-order valence-corrected chi connectivity index (χ4v) is 1.98. The topological polar surface area (TPSA) is 98.9 Å². The van der Waals surface area contributed by atoms with Gasteiger partial charge in [-0.2, -0.15) is 0 Å². The van der Waals surface area contributed by atoms with E-state index in [1.807, 2.05) is 0 Å². The number of hydrogen-bond acceptors (Lipinski definition) is 5. The number of aryl methyl sites for hydroxylation is 1. The first-order valence-electron chi connectivity index (χ1n) is 6.17. The highest BCUT2D eigenvalue weighted by Gasteiger charge is 2.32. The highest BCUT2D eigenvalue weighted by molar-refractivity contribution is 5.95. The quantitative estimate of drug-likeness (QED) is 0.635. The summed E-state index contributed by atoms with van der Waals surface area (Å²) in [7, 11) is 1.37. The van der Waals surface area contributed by atoms with Gasteiger partial charge in [-0.05, 0) is 37.3 Å². The average molecular weight is 281 g/mol. The Hall–Kier alpha value is -2.31. The van der Waals surface area contributed by atoms with Crippen molar-refractivity contribution in [1.29, 1.82) is 0 Å². The highest BCUT2D eigenvalue weighted by atomic mass is 16.6. The molecule has 1 saturated carbocycles. The number of aromatic carboxylic acids is 1. The summed E-state index contributed by atoms with van der Waals surface area (Å²) in [5.74, 6) is -0.865. The zero-order chi connectivity index (χ0) is 14.9. The summed E-state index contributed by atoms with van der Waals surface area (Å²) >= 11 is 0. The molecule has 1 aliphatic rings. The second-order valence-corrected chi connectivity index (χ2v) is 4.77. The molecule has 0 unspecified atom stereocenters. The number of methoxy groups -OCH3 is 1. The van der Waals surface area contributed by atoms with Crippen LogP contribution in [0.3, 0.4) is 0 Å². The summed E-state index contributed by atoms with van der Waals surface area (Å²) < 4.78 is 10.6. The van der Waals surface area contributed by atoms with Gasteiger partial charge in [0.25, 0.3) is 0 Å². The van der Waals surface area contributed by atoms with E-state index in [0.717, 1.165) is 12.8 Å². The van der Waals surface area contributed by atoms with Gasteiger partial charge in [-0.1, -0.05) is 0 Å². The van der Waals surface area contributed by atoms with E-state index in [9.17, 15) is 14.9 Å². The SMILES string of the molecule is COc1c(C)cc(C(=O)O)c([N+](=O)[O-])c1OCC1CC1. The molecule has 0 spiro atoms. The summed E-state index contributed by atoms with van der Waals surface area (Å²) in [6.45, 7) is 1.96. The molecule has 20 heavy (non-hydrogen) atoms. The molecule has 1 aromatic rings. The first-order valence-corrected chi connectivity index (χ1v) is 6.17.